The van der Waals surface area contributed by atoms with Crippen LogP contribution in [0.1, 0.15) is 5.56 Å². The number of nitrogens with two attached hydrogens (primary N) is 1. The van der Waals surface area contributed by atoms with Crippen molar-refractivity contribution < 1.29 is 23.5 Å². The Morgan fingerprint density at radius 1 is 1.31 bits per heavy atom. The zero-order chi connectivity index (χ0) is 24.8. The van der Waals surface area contributed by atoms with Crippen LogP contribution in [0.3, 0.4) is 0 Å². The number of alkyl carbamates (subject to hydrolysis) is 1. The number of nitrogens with one attached hydrogen (secondary N) is 2. The van der Waals surface area contributed by atoms with Gasteiger partial charge >= 0.3 is 6.09 Å². The molecule has 0 bridgehead atoms. The lowest BCUT2D eigenvalue weighted by atomic mass is 10.1. The number of amides is 1. The molecule has 3 heterocycles. The number of carbonyl (C=O) groups is 1. The summed E-state index contributed by atoms with van der Waals surface area (Å²) in [7, 11) is 1.72. The Morgan fingerprint density at radius 2 is 2.06 bits per heavy atom. The van der Waals surface area contributed by atoms with E-state index in [2.05, 4.69) is 20.0 Å². The minimum absolute atomic E-state index is 0.168. The molecule has 2 aromatic rings. The largest absolute Gasteiger partial charge is 0.444 e. The second-order valence-corrected chi connectivity index (χ2v) is 8.13. The molecule has 0 spiro atoms. The fourth-order valence-electron chi connectivity index (χ4n) is 3.58. The number of oxime groups is 1. The maximum Gasteiger partial charge on any atom is 0.414 e. The summed E-state index contributed by atoms with van der Waals surface area (Å²) < 4.78 is 25.1. The second kappa shape index (κ2) is 11.1. The molecule has 4 rings (SSSR count). The van der Waals surface area contributed by atoms with Crippen molar-refractivity contribution in [2.24, 2.45) is 10.9 Å². The first-order valence-corrected chi connectivity index (χ1v) is 11.0. The van der Waals surface area contributed by atoms with Crippen molar-refractivity contribution in [2.45, 2.75) is 12.7 Å². The highest BCUT2D eigenvalue weighted by Crippen LogP contribution is 2.26. The summed E-state index contributed by atoms with van der Waals surface area (Å²) in [5.74, 6) is -0.594. The van der Waals surface area contributed by atoms with Gasteiger partial charge in [0.05, 0.1) is 24.9 Å². The highest BCUT2D eigenvalue weighted by atomic mass is 19.1. The Labute approximate surface area is 201 Å². The van der Waals surface area contributed by atoms with Crippen molar-refractivity contribution in [1.29, 1.82) is 5.41 Å². The van der Waals surface area contributed by atoms with Gasteiger partial charge in [-0.3, -0.25) is 15.6 Å². The summed E-state index contributed by atoms with van der Waals surface area (Å²) in [5.41, 5.74) is 6.90. The first-order valence-electron chi connectivity index (χ1n) is 11.0. The van der Waals surface area contributed by atoms with Crippen LogP contribution in [0.5, 0.6) is 0 Å². The highest BCUT2D eigenvalue weighted by molar-refractivity contribution is 5.98. The van der Waals surface area contributed by atoms with Crippen molar-refractivity contribution in [3.05, 3.63) is 42.0 Å². The van der Waals surface area contributed by atoms with Gasteiger partial charge in [-0.15, -0.1) is 0 Å². The van der Waals surface area contributed by atoms with Crippen molar-refractivity contribution in [3.8, 4) is 11.1 Å². The van der Waals surface area contributed by atoms with Crippen molar-refractivity contribution in [1.82, 2.24) is 20.2 Å². The van der Waals surface area contributed by atoms with E-state index in [-0.39, 0.29) is 17.7 Å². The average Bonchev–Trinajstić information content (AvgIpc) is 2.78. The van der Waals surface area contributed by atoms with Gasteiger partial charge in [-0.25, -0.2) is 19.2 Å². The molecule has 4 N–H and O–H groups in total. The number of hydrogen-bond acceptors (Lipinski definition) is 10. The van der Waals surface area contributed by atoms with Gasteiger partial charge < -0.3 is 24.9 Å². The fraction of sp³-hybridized carbons (Fsp3) is 0.409. The van der Waals surface area contributed by atoms with Gasteiger partial charge in [-0.05, 0) is 0 Å². The zero-order valence-corrected chi connectivity index (χ0v) is 19.2. The van der Waals surface area contributed by atoms with Crippen LogP contribution in [0.4, 0.5) is 15.1 Å². The Balaban J connectivity index is 1.26. The molecule has 2 fully saturated rings. The Kier molecular flexibility index (Phi) is 7.67. The molecule has 0 aliphatic carbocycles. The number of aromatic nitrogens is 2. The summed E-state index contributed by atoms with van der Waals surface area (Å²) >= 11 is 0. The van der Waals surface area contributed by atoms with Crippen LogP contribution in [0.2, 0.25) is 0 Å². The number of halogens is 1. The predicted octanol–water partition coefficient (Wildman–Crippen LogP) is 0.926. The molecule has 1 aromatic carbocycles. The fourth-order valence-corrected chi connectivity index (χ4v) is 3.58. The quantitative estimate of drug-likeness (QED) is 0.203. The molecule has 12 nitrogen and oxygen atoms in total. The van der Waals surface area contributed by atoms with Crippen LogP contribution in [0, 0.1) is 11.2 Å². The van der Waals surface area contributed by atoms with Gasteiger partial charge in [0.25, 0.3) is 0 Å². The molecule has 2 aliphatic rings. The lowest BCUT2D eigenvalue weighted by Crippen LogP contribution is -2.52. The number of anilines is 1. The van der Waals surface area contributed by atoms with E-state index in [0.29, 0.717) is 37.3 Å². The molecule has 0 atom stereocenters. The van der Waals surface area contributed by atoms with Gasteiger partial charge in [0.1, 0.15) is 19.0 Å². The van der Waals surface area contributed by atoms with Crippen LogP contribution >= 0.6 is 0 Å². The Morgan fingerprint density at radius 3 is 2.74 bits per heavy atom. The zero-order valence-electron chi connectivity index (χ0n) is 19.2. The third-order valence-corrected chi connectivity index (χ3v) is 5.60. The van der Waals surface area contributed by atoms with Gasteiger partial charge in [-0.2, -0.15) is 0 Å². The van der Waals surface area contributed by atoms with E-state index in [1.165, 1.54) is 6.07 Å². The summed E-state index contributed by atoms with van der Waals surface area (Å²) in [6.45, 7) is 4.02. The molecule has 1 amide bonds. The number of ether oxygens (including phenoxy) is 2. The van der Waals surface area contributed by atoms with Gasteiger partial charge in [0.2, 0.25) is 5.95 Å². The summed E-state index contributed by atoms with van der Waals surface area (Å²) in [5, 5.41) is 13.1. The van der Waals surface area contributed by atoms with Crippen LogP contribution in [-0.4, -0.2) is 85.2 Å². The molecular formula is C22H27FN8O4. The maximum absolute atomic E-state index is 14.9. The number of nitrogens with zero attached hydrogens (tertiary/aromatic N) is 5. The monoisotopic (exact) mass is 486 g/mol. The number of carbonyl (C=O) groups excluding carboxylic acids is 1. The third-order valence-electron chi connectivity index (χ3n) is 5.60. The van der Waals surface area contributed by atoms with Crippen LogP contribution < -0.4 is 16.0 Å². The van der Waals surface area contributed by atoms with E-state index in [9.17, 15) is 9.18 Å². The Hall–Kier alpha value is -3.84. The highest BCUT2D eigenvalue weighted by Gasteiger charge is 2.27. The molecule has 0 saturated carbocycles. The average molecular weight is 487 g/mol. The topological polar surface area (TPSA) is 151 Å². The summed E-state index contributed by atoms with van der Waals surface area (Å²) in [6.07, 6.45) is 2.48. The summed E-state index contributed by atoms with van der Waals surface area (Å²) in [4.78, 5) is 29.7. The predicted molar refractivity (Wildman–Crippen MR) is 125 cm³/mol. The van der Waals surface area contributed by atoms with Crippen LogP contribution in [-0.2, 0) is 20.9 Å². The minimum Gasteiger partial charge on any atom is -0.444 e. The number of guanidine groups is 1. The van der Waals surface area contributed by atoms with E-state index < -0.39 is 17.9 Å². The lowest BCUT2D eigenvalue weighted by molar-refractivity contribution is -0.0399. The summed E-state index contributed by atoms with van der Waals surface area (Å²) in [6, 6.07) is 4.73. The SMILES string of the molecule is COC1CN(CCON=C2CN(c3ncc(-c4cccc(COC(=O)NC(=N)N)c4F)cn3)C2)C1. The van der Waals surface area contributed by atoms with Crippen molar-refractivity contribution in [2.75, 3.05) is 51.3 Å². The van der Waals surface area contributed by atoms with E-state index >= 15 is 0 Å². The lowest BCUT2D eigenvalue weighted by Gasteiger charge is -2.37. The molecular weight excluding hydrogens is 459 g/mol. The third kappa shape index (κ3) is 6.19. The molecule has 1 aromatic heterocycles. The number of rotatable bonds is 9. The molecule has 13 heteroatoms. The van der Waals surface area contributed by atoms with E-state index in [4.69, 9.17) is 25.5 Å². The van der Waals surface area contributed by atoms with E-state index in [1.54, 1.807) is 31.6 Å². The van der Waals surface area contributed by atoms with Crippen molar-refractivity contribution >= 4 is 23.7 Å². The first-order chi connectivity index (χ1) is 16.9. The van der Waals surface area contributed by atoms with Gasteiger partial charge in [0, 0.05) is 55.8 Å². The van der Waals surface area contributed by atoms with Crippen LogP contribution in [0.15, 0.2) is 35.7 Å². The smallest absolute Gasteiger partial charge is 0.414 e. The number of benzene rings is 1. The molecule has 35 heavy (non-hydrogen) atoms. The number of hydrogen-bond donors (Lipinski definition) is 3. The van der Waals surface area contributed by atoms with E-state index in [1.807, 2.05) is 10.2 Å². The van der Waals surface area contributed by atoms with Gasteiger partial charge in [0.15, 0.2) is 5.96 Å². The van der Waals surface area contributed by atoms with Crippen LogP contribution in [0.25, 0.3) is 11.1 Å². The molecule has 2 aliphatic heterocycles. The maximum atomic E-state index is 14.9. The minimum atomic E-state index is -0.936. The standard InChI is InChI=1S/C22H27FN8O4/c1-33-17-11-30(12-17)5-6-35-29-16-9-31(10-16)21-26-7-15(8-27-21)18-4-2-3-14(19(18)23)13-34-22(32)28-20(24)25/h2-4,7-8,17H,5-6,9-13H2,1H3,(H4,24,25,28,32). The normalized spacial score (nSPS) is 15.7. The van der Waals surface area contributed by atoms with Crippen molar-refractivity contribution in [3.63, 3.8) is 0 Å². The second-order valence-electron chi connectivity index (χ2n) is 8.13. The molecule has 186 valence electrons. The molecule has 0 radical (unpaired) electrons. The number of methoxy groups -OCH3 is 1. The van der Waals surface area contributed by atoms with E-state index in [0.717, 1.165) is 25.3 Å². The van der Waals surface area contributed by atoms with Gasteiger partial charge in [-0.1, -0.05) is 23.4 Å². The molecule has 0 unspecified atom stereocenters. The molecule has 2 saturated heterocycles. The first kappa shape index (κ1) is 24.3. The Bertz CT molecular complexity index is 1080. The number of likely N-dealkylation sites (tertiary alicyclic amines) is 1.